The number of carbonyl (C=O) groups excluding carboxylic acids is 2. The van der Waals surface area contributed by atoms with Gasteiger partial charge >= 0.3 is 5.97 Å². The molecule has 1 fully saturated rings. The molecule has 0 radical (unpaired) electrons. The summed E-state index contributed by atoms with van der Waals surface area (Å²) in [6.45, 7) is 2.95. The second kappa shape index (κ2) is 8.26. The van der Waals surface area contributed by atoms with Crippen LogP contribution in [0.1, 0.15) is 30.1 Å². The van der Waals surface area contributed by atoms with Crippen molar-refractivity contribution in [2.24, 2.45) is 5.92 Å². The molecule has 0 aromatic heterocycles. The predicted octanol–water partition coefficient (Wildman–Crippen LogP) is 2.15. The molecule has 1 aliphatic rings. The van der Waals surface area contributed by atoms with E-state index in [1.165, 1.54) is 19.2 Å². The number of hydrogen-bond donors (Lipinski definition) is 0. The Balaban J connectivity index is 2.14. The van der Waals surface area contributed by atoms with E-state index >= 15 is 0 Å². The van der Waals surface area contributed by atoms with E-state index in [1.807, 2.05) is 0 Å². The molecule has 0 spiro atoms. The topological polar surface area (TPSA) is 84.0 Å². The lowest BCUT2D eigenvalue weighted by Gasteiger charge is -2.31. The SMILES string of the molecule is CCOC(=O)C1CCN(C(=O)c2cc(N(C)S(C)(=O)=O)ccc2Cl)CC1. The van der Waals surface area contributed by atoms with Gasteiger partial charge in [0.25, 0.3) is 5.91 Å². The summed E-state index contributed by atoms with van der Waals surface area (Å²) in [6, 6.07) is 4.54. The van der Waals surface area contributed by atoms with Gasteiger partial charge in [-0.1, -0.05) is 11.6 Å². The number of piperidine rings is 1. The molecule has 1 aliphatic heterocycles. The number of amides is 1. The van der Waals surface area contributed by atoms with Gasteiger partial charge in [-0.05, 0) is 38.0 Å². The molecule has 0 unspecified atom stereocenters. The molecule has 0 atom stereocenters. The molecule has 1 heterocycles. The van der Waals surface area contributed by atoms with Gasteiger partial charge in [-0.2, -0.15) is 0 Å². The average Bonchev–Trinajstić information content (AvgIpc) is 2.60. The van der Waals surface area contributed by atoms with E-state index in [9.17, 15) is 18.0 Å². The fourth-order valence-electron chi connectivity index (χ4n) is 2.81. The maximum absolute atomic E-state index is 12.8. The molecule has 2 rings (SSSR count). The van der Waals surface area contributed by atoms with Crippen LogP contribution in [0.4, 0.5) is 5.69 Å². The van der Waals surface area contributed by atoms with Gasteiger partial charge in [-0.25, -0.2) is 8.42 Å². The molecule has 26 heavy (non-hydrogen) atoms. The highest BCUT2D eigenvalue weighted by Gasteiger charge is 2.29. The number of ether oxygens (including phenoxy) is 1. The van der Waals surface area contributed by atoms with E-state index in [0.29, 0.717) is 38.2 Å². The first-order valence-electron chi connectivity index (χ1n) is 8.34. The second-order valence-electron chi connectivity index (χ2n) is 6.21. The summed E-state index contributed by atoms with van der Waals surface area (Å²) in [6.07, 6.45) is 2.15. The zero-order valence-corrected chi connectivity index (χ0v) is 16.6. The van der Waals surface area contributed by atoms with Gasteiger partial charge in [0.05, 0.1) is 35.1 Å². The number of carbonyl (C=O) groups is 2. The van der Waals surface area contributed by atoms with E-state index in [0.717, 1.165) is 10.6 Å². The summed E-state index contributed by atoms with van der Waals surface area (Å²) in [4.78, 5) is 26.2. The van der Waals surface area contributed by atoms with Crippen molar-refractivity contribution in [3.63, 3.8) is 0 Å². The minimum atomic E-state index is -3.44. The number of halogens is 1. The number of nitrogens with zero attached hydrogens (tertiary/aromatic N) is 2. The Bertz CT molecular complexity index is 788. The standard InChI is InChI=1S/C17H23ClN2O5S/c1-4-25-17(22)12-7-9-20(10-8-12)16(21)14-11-13(5-6-15(14)18)19(2)26(3,23)24/h5-6,11-12H,4,7-10H2,1-3H3. The van der Waals surface area contributed by atoms with Gasteiger partial charge in [0.15, 0.2) is 0 Å². The molecule has 7 nitrogen and oxygen atoms in total. The van der Waals surface area contributed by atoms with E-state index in [1.54, 1.807) is 17.9 Å². The van der Waals surface area contributed by atoms with Crippen molar-refractivity contribution >= 4 is 39.2 Å². The third kappa shape index (κ3) is 4.67. The first kappa shape index (κ1) is 20.5. The number of anilines is 1. The van der Waals surface area contributed by atoms with Gasteiger partial charge < -0.3 is 9.64 Å². The van der Waals surface area contributed by atoms with Gasteiger partial charge in [0, 0.05) is 20.1 Å². The van der Waals surface area contributed by atoms with Gasteiger partial charge in [0.1, 0.15) is 0 Å². The fourth-order valence-corrected chi connectivity index (χ4v) is 3.51. The van der Waals surface area contributed by atoms with Gasteiger partial charge in [-0.15, -0.1) is 0 Å². The molecular formula is C17H23ClN2O5S. The molecule has 9 heteroatoms. The lowest BCUT2D eigenvalue weighted by Crippen LogP contribution is -2.40. The summed E-state index contributed by atoms with van der Waals surface area (Å²) in [5.41, 5.74) is 0.607. The molecular weight excluding hydrogens is 380 g/mol. The molecule has 0 saturated carbocycles. The zero-order chi connectivity index (χ0) is 19.5. The van der Waals surface area contributed by atoms with Crippen LogP contribution in [0.5, 0.6) is 0 Å². The van der Waals surface area contributed by atoms with Crippen LogP contribution in [-0.2, 0) is 19.6 Å². The number of esters is 1. The molecule has 144 valence electrons. The number of hydrogen-bond acceptors (Lipinski definition) is 5. The molecule has 1 saturated heterocycles. The third-order valence-corrected chi connectivity index (χ3v) is 5.98. The molecule has 1 aromatic rings. The van der Waals surface area contributed by atoms with Crippen LogP contribution in [-0.4, -0.2) is 58.2 Å². The van der Waals surface area contributed by atoms with Crippen LogP contribution in [0.25, 0.3) is 0 Å². The minimum Gasteiger partial charge on any atom is -0.466 e. The first-order chi connectivity index (χ1) is 12.1. The predicted molar refractivity (Wildman–Crippen MR) is 100.0 cm³/mol. The van der Waals surface area contributed by atoms with Crippen LogP contribution >= 0.6 is 11.6 Å². The van der Waals surface area contributed by atoms with E-state index in [2.05, 4.69) is 0 Å². The van der Waals surface area contributed by atoms with Crippen molar-refractivity contribution in [1.82, 2.24) is 4.90 Å². The highest BCUT2D eigenvalue weighted by molar-refractivity contribution is 7.92. The quantitative estimate of drug-likeness (QED) is 0.704. The van der Waals surface area contributed by atoms with Crippen LogP contribution in [0, 0.1) is 5.92 Å². The second-order valence-corrected chi connectivity index (χ2v) is 8.63. The van der Waals surface area contributed by atoms with Crippen molar-refractivity contribution < 1.29 is 22.7 Å². The number of rotatable bonds is 5. The lowest BCUT2D eigenvalue weighted by molar-refractivity contribution is -0.149. The monoisotopic (exact) mass is 402 g/mol. The Hall–Kier alpha value is -1.80. The number of sulfonamides is 1. The third-order valence-electron chi connectivity index (χ3n) is 4.44. The Labute approximate surface area is 158 Å². The van der Waals surface area contributed by atoms with Gasteiger partial charge in [0.2, 0.25) is 10.0 Å². The normalized spacial score (nSPS) is 15.6. The van der Waals surface area contributed by atoms with Crippen molar-refractivity contribution in [2.45, 2.75) is 19.8 Å². The number of benzene rings is 1. The minimum absolute atomic E-state index is 0.197. The smallest absolute Gasteiger partial charge is 0.309 e. The van der Waals surface area contributed by atoms with Crippen molar-refractivity contribution in [1.29, 1.82) is 0 Å². The van der Waals surface area contributed by atoms with E-state index in [-0.39, 0.29) is 28.4 Å². The Morgan fingerprint density at radius 1 is 1.31 bits per heavy atom. The largest absolute Gasteiger partial charge is 0.466 e. The molecule has 1 aromatic carbocycles. The summed E-state index contributed by atoms with van der Waals surface area (Å²) in [5.74, 6) is -0.701. The highest BCUT2D eigenvalue weighted by Crippen LogP contribution is 2.27. The van der Waals surface area contributed by atoms with Crippen LogP contribution in [0.15, 0.2) is 18.2 Å². The van der Waals surface area contributed by atoms with Gasteiger partial charge in [-0.3, -0.25) is 13.9 Å². The number of likely N-dealkylation sites (tertiary alicyclic amines) is 1. The lowest BCUT2D eigenvalue weighted by atomic mass is 9.96. The van der Waals surface area contributed by atoms with Crippen molar-refractivity contribution in [3.8, 4) is 0 Å². The molecule has 1 amide bonds. The Morgan fingerprint density at radius 3 is 2.46 bits per heavy atom. The van der Waals surface area contributed by atoms with E-state index in [4.69, 9.17) is 16.3 Å². The summed E-state index contributed by atoms with van der Waals surface area (Å²) in [5, 5.41) is 0.258. The van der Waals surface area contributed by atoms with E-state index < -0.39 is 10.0 Å². The summed E-state index contributed by atoms with van der Waals surface area (Å²) in [7, 11) is -2.03. The molecule has 0 bridgehead atoms. The average molecular weight is 403 g/mol. The van der Waals surface area contributed by atoms with Crippen LogP contribution in [0.3, 0.4) is 0 Å². The Kier molecular flexibility index (Phi) is 6.52. The molecule has 0 N–H and O–H groups in total. The maximum Gasteiger partial charge on any atom is 0.309 e. The Morgan fingerprint density at radius 2 is 1.92 bits per heavy atom. The first-order valence-corrected chi connectivity index (χ1v) is 10.6. The maximum atomic E-state index is 12.8. The zero-order valence-electron chi connectivity index (χ0n) is 15.1. The van der Waals surface area contributed by atoms with Crippen LogP contribution in [0.2, 0.25) is 5.02 Å². The van der Waals surface area contributed by atoms with Crippen molar-refractivity contribution in [3.05, 3.63) is 28.8 Å². The van der Waals surface area contributed by atoms with Crippen LogP contribution < -0.4 is 4.31 Å². The molecule has 0 aliphatic carbocycles. The fraction of sp³-hybridized carbons (Fsp3) is 0.529. The van der Waals surface area contributed by atoms with Crippen molar-refractivity contribution in [2.75, 3.05) is 37.3 Å². The highest BCUT2D eigenvalue weighted by atomic mass is 35.5. The summed E-state index contributed by atoms with van der Waals surface area (Å²) >= 11 is 6.16. The summed E-state index contributed by atoms with van der Waals surface area (Å²) < 4.78 is 29.5.